The summed E-state index contributed by atoms with van der Waals surface area (Å²) in [4.78, 5) is 25.9. The number of carbonyl (C=O) groups excluding carboxylic acids is 2. The van der Waals surface area contributed by atoms with Gasteiger partial charge in [-0.2, -0.15) is 0 Å². The second kappa shape index (κ2) is 7.63. The molecule has 2 rings (SSSR count). The fraction of sp³-hybridized carbons (Fsp3) is 0.529. The molecule has 4 nitrogen and oxygen atoms in total. The van der Waals surface area contributed by atoms with E-state index in [4.69, 9.17) is 11.6 Å². The van der Waals surface area contributed by atoms with Gasteiger partial charge in [-0.05, 0) is 37.5 Å². The van der Waals surface area contributed by atoms with E-state index < -0.39 is 0 Å². The molecule has 0 aliphatic carbocycles. The Labute approximate surface area is 136 Å². The second-order valence-electron chi connectivity index (χ2n) is 5.94. The lowest BCUT2D eigenvalue weighted by Crippen LogP contribution is -2.38. The first-order chi connectivity index (χ1) is 10.5. The Kier molecular flexibility index (Phi) is 5.83. The predicted octanol–water partition coefficient (Wildman–Crippen LogP) is 2.65. The number of halogens is 1. The van der Waals surface area contributed by atoms with E-state index in [2.05, 4.69) is 5.32 Å². The van der Waals surface area contributed by atoms with Crippen molar-refractivity contribution in [2.45, 2.75) is 39.2 Å². The van der Waals surface area contributed by atoms with Gasteiger partial charge < -0.3 is 10.2 Å². The maximum absolute atomic E-state index is 12.1. The average Bonchev–Trinajstić information content (AvgIpc) is 2.86. The first kappa shape index (κ1) is 16.8. The van der Waals surface area contributed by atoms with Crippen molar-refractivity contribution in [2.75, 3.05) is 13.1 Å². The molecule has 0 bridgehead atoms. The Morgan fingerprint density at radius 3 is 2.95 bits per heavy atom. The highest BCUT2D eigenvalue weighted by Crippen LogP contribution is 2.19. The molecule has 1 heterocycles. The largest absolute Gasteiger partial charge is 0.353 e. The van der Waals surface area contributed by atoms with E-state index >= 15 is 0 Å². The second-order valence-corrected chi connectivity index (χ2v) is 6.38. The van der Waals surface area contributed by atoms with Crippen molar-refractivity contribution >= 4 is 23.4 Å². The molecule has 5 heteroatoms. The number of hydrogen-bond donors (Lipinski definition) is 1. The van der Waals surface area contributed by atoms with Gasteiger partial charge in [0.15, 0.2) is 0 Å². The molecule has 22 heavy (non-hydrogen) atoms. The summed E-state index contributed by atoms with van der Waals surface area (Å²) in [5, 5.41) is 3.66. The maximum atomic E-state index is 12.1. The van der Waals surface area contributed by atoms with Crippen molar-refractivity contribution in [2.24, 2.45) is 5.92 Å². The molecule has 0 spiro atoms. The number of rotatable bonds is 6. The van der Waals surface area contributed by atoms with Gasteiger partial charge in [0.2, 0.25) is 11.8 Å². The molecule has 0 saturated carbocycles. The molecule has 2 unspecified atom stereocenters. The van der Waals surface area contributed by atoms with Gasteiger partial charge in [0, 0.05) is 30.6 Å². The summed E-state index contributed by atoms with van der Waals surface area (Å²) >= 11 is 5.96. The van der Waals surface area contributed by atoms with Crippen molar-refractivity contribution in [3.63, 3.8) is 0 Å². The Morgan fingerprint density at radius 2 is 2.27 bits per heavy atom. The molecule has 120 valence electrons. The van der Waals surface area contributed by atoms with Crippen LogP contribution in [0.25, 0.3) is 0 Å². The topological polar surface area (TPSA) is 49.4 Å². The molecule has 1 saturated heterocycles. The summed E-state index contributed by atoms with van der Waals surface area (Å²) in [6, 6.07) is 7.81. The fourth-order valence-electron chi connectivity index (χ4n) is 2.58. The van der Waals surface area contributed by atoms with Crippen LogP contribution in [0.3, 0.4) is 0 Å². The van der Waals surface area contributed by atoms with Crippen LogP contribution in [-0.4, -0.2) is 35.8 Å². The molecule has 1 aliphatic heterocycles. The van der Waals surface area contributed by atoms with Crippen molar-refractivity contribution in [3.05, 3.63) is 34.9 Å². The Hall–Kier alpha value is -1.55. The molecule has 2 amide bonds. The molecule has 1 aromatic rings. The third kappa shape index (κ3) is 4.47. The van der Waals surface area contributed by atoms with E-state index in [1.807, 2.05) is 38.1 Å². The summed E-state index contributed by atoms with van der Waals surface area (Å²) < 4.78 is 0. The molecule has 1 N–H and O–H groups in total. The van der Waals surface area contributed by atoms with Crippen LogP contribution < -0.4 is 5.32 Å². The first-order valence-corrected chi connectivity index (χ1v) is 8.20. The van der Waals surface area contributed by atoms with Crippen LogP contribution in [0.1, 0.15) is 32.3 Å². The Bertz CT molecular complexity index is 547. The van der Waals surface area contributed by atoms with E-state index in [0.29, 0.717) is 24.5 Å². The third-order valence-corrected chi connectivity index (χ3v) is 4.38. The zero-order chi connectivity index (χ0) is 16.1. The van der Waals surface area contributed by atoms with E-state index in [9.17, 15) is 9.59 Å². The molecule has 0 radical (unpaired) electrons. The third-order valence-electron chi connectivity index (χ3n) is 4.15. The average molecular weight is 323 g/mol. The number of amides is 2. The fourth-order valence-corrected chi connectivity index (χ4v) is 2.80. The summed E-state index contributed by atoms with van der Waals surface area (Å²) in [5.41, 5.74) is 1.10. The highest BCUT2D eigenvalue weighted by Gasteiger charge is 2.34. The standard InChI is InChI=1S/C17H23ClN2O2/c1-3-12(2)19-17(22)14-10-16(21)20(11-14)8-7-13-5-4-6-15(18)9-13/h4-6,9,12,14H,3,7-8,10-11H2,1-2H3,(H,19,22). The highest BCUT2D eigenvalue weighted by molar-refractivity contribution is 6.30. The summed E-state index contributed by atoms with van der Waals surface area (Å²) in [7, 11) is 0. The molecular formula is C17H23ClN2O2. The number of hydrogen-bond acceptors (Lipinski definition) is 2. The van der Waals surface area contributed by atoms with Crippen LogP contribution in [0.15, 0.2) is 24.3 Å². The van der Waals surface area contributed by atoms with E-state index in [0.717, 1.165) is 18.4 Å². The number of carbonyl (C=O) groups is 2. The van der Waals surface area contributed by atoms with Crippen LogP contribution in [0.2, 0.25) is 5.02 Å². The monoisotopic (exact) mass is 322 g/mol. The van der Waals surface area contributed by atoms with E-state index in [1.165, 1.54) is 0 Å². The van der Waals surface area contributed by atoms with Gasteiger partial charge in [0.25, 0.3) is 0 Å². The van der Waals surface area contributed by atoms with E-state index in [-0.39, 0.29) is 23.8 Å². The smallest absolute Gasteiger partial charge is 0.225 e. The van der Waals surface area contributed by atoms with Gasteiger partial charge in [0.05, 0.1) is 5.92 Å². The quantitative estimate of drug-likeness (QED) is 0.875. The number of likely N-dealkylation sites (tertiary alicyclic amines) is 1. The molecule has 1 aromatic carbocycles. The summed E-state index contributed by atoms with van der Waals surface area (Å²) in [6.07, 6.45) is 1.97. The van der Waals surface area contributed by atoms with Crippen LogP contribution in [0.5, 0.6) is 0 Å². The number of nitrogens with zero attached hydrogens (tertiary/aromatic N) is 1. The predicted molar refractivity (Wildman–Crippen MR) is 87.7 cm³/mol. The first-order valence-electron chi connectivity index (χ1n) is 7.82. The van der Waals surface area contributed by atoms with Crippen molar-refractivity contribution < 1.29 is 9.59 Å². The Balaban J connectivity index is 1.86. The van der Waals surface area contributed by atoms with Crippen molar-refractivity contribution in [3.8, 4) is 0 Å². The number of nitrogens with one attached hydrogen (secondary N) is 1. The van der Waals surface area contributed by atoms with E-state index in [1.54, 1.807) is 4.90 Å². The lowest BCUT2D eigenvalue weighted by atomic mass is 10.1. The van der Waals surface area contributed by atoms with Gasteiger partial charge in [-0.1, -0.05) is 30.7 Å². The molecule has 1 aliphatic rings. The van der Waals surface area contributed by atoms with Crippen LogP contribution in [0.4, 0.5) is 0 Å². The van der Waals surface area contributed by atoms with Crippen LogP contribution >= 0.6 is 11.6 Å². The van der Waals surface area contributed by atoms with Gasteiger partial charge >= 0.3 is 0 Å². The van der Waals surface area contributed by atoms with Crippen molar-refractivity contribution in [1.82, 2.24) is 10.2 Å². The van der Waals surface area contributed by atoms with Gasteiger partial charge in [-0.3, -0.25) is 9.59 Å². The number of benzene rings is 1. The lowest BCUT2D eigenvalue weighted by molar-refractivity contribution is -0.129. The zero-order valence-corrected chi connectivity index (χ0v) is 13.9. The summed E-state index contributed by atoms with van der Waals surface area (Å²) in [5.74, 6) is -0.167. The van der Waals surface area contributed by atoms with Gasteiger partial charge in [-0.25, -0.2) is 0 Å². The molecular weight excluding hydrogens is 300 g/mol. The minimum absolute atomic E-state index is 0.00652. The molecule has 2 atom stereocenters. The maximum Gasteiger partial charge on any atom is 0.225 e. The van der Waals surface area contributed by atoms with Crippen LogP contribution in [-0.2, 0) is 16.0 Å². The Morgan fingerprint density at radius 1 is 1.50 bits per heavy atom. The van der Waals surface area contributed by atoms with Gasteiger partial charge in [0.1, 0.15) is 0 Å². The normalized spacial score (nSPS) is 19.3. The highest BCUT2D eigenvalue weighted by atomic mass is 35.5. The zero-order valence-electron chi connectivity index (χ0n) is 13.1. The minimum atomic E-state index is -0.221. The molecule has 0 aromatic heterocycles. The minimum Gasteiger partial charge on any atom is -0.353 e. The lowest BCUT2D eigenvalue weighted by Gasteiger charge is -2.18. The van der Waals surface area contributed by atoms with Crippen molar-refractivity contribution in [1.29, 1.82) is 0 Å². The van der Waals surface area contributed by atoms with Crippen LogP contribution in [0, 0.1) is 5.92 Å². The van der Waals surface area contributed by atoms with Gasteiger partial charge in [-0.15, -0.1) is 0 Å². The summed E-state index contributed by atoms with van der Waals surface area (Å²) in [6.45, 7) is 5.15. The molecule has 1 fully saturated rings. The SMILES string of the molecule is CCC(C)NC(=O)C1CC(=O)N(CCc2cccc(Cl)c2)C1.